The highest BCUT2D eigenvalue weighted by Crippen LogP contribution is 2.14. The van der Waals surface area contributed by atoms with Crippen molar-refractivity contribution in [1.29, 1.82) is 0 Å². The molecule has 1 unspecified atom stereocenters. The van der Waals surface area contributed by atoms with Crippen LogP contribution >= 0.6 is 24.0 Å². The Morgan fingerprint density at radius 3 is 2.48 bits per heavy atom. The molecular weight excluding hydrogens is 399 g/mol. The van der Waals surface area contributed by atoms with Gasteiger partial charge in [0, 0.05) is 19.8 Å². The second-order valence-corrected chi connectivity index (χ2v) is 5.44. The maximum Gasteiger partial charge on any atom is 0.191 e. The third kappa shape index (κ3) is 6.56. The van der Waals surface area contributed by atoms with Gasteiger partial charge < -0.3 is 10.6 Å². The molecule has 4 nitrogen and oxygen atoms in total. The average molecular weight is 424 g/mol. The van der Waals surface area contributed by atoms with Gasteiger partial charge in [-0.1, -0.05) is 42.8 Å². The Kier molecular flexibility index (Phi) is 8.61. The number of guanidine groups is 1. The molecule has 5 heteroatoms. The van der Waals surface area contributed by atoms with Crippen molar-refractivity contribution in [3.8, 4) is 0 Å². The third-order valence-corrected chi connectivity index (χ3v) is 3.61. The van der Waals surface area contributed by atoms with Crippen LogP contribution in [0.25, 0.3) is 0 Å². The van der Waals surface area contributed by atoms with Crippen molar-refractivity contribution in [3.63, 3.8) is 0 Å². The van der Waals surface area contributed by atoms with Crippen molar-refractivity contribution in [2.75, 3.05) is 13.6 Å². The van der Waals surface area contributed by atoms with Crippen LogP contribution in [-0.2, 0) is 6.54 Å². The minimum atomic E-state index is 0. The van der Waals surface area contributed by atoms with Gasteiger partial charge in [0.2, 0.25) is 0 Å². The lowest BCUT2D eigenvalue weighted by Crippen LogP contribution is -2.38. The van der Waals surface area contributed by atoms with E-state index in [1.54, 1.807) is 13.2 Å². The zero-order chi connectivity index (χ0) is 15.8. The second kappa shape index (κ2) is 10.2. The molecule has 0 aliphatic rings. The minimum absolute atomic E-state index is 0. The normalized spacial score (nSPS) is 12.2. The fourth-order valence-corrected chi connectivity index (χ4v) is 2.16. The molecule has 1 heterocycles. The summed E-state index contributed by atoms with van der Waals surface area (Å²) in [6, 6.07) is 14.6. The van der Waals surface area contributed by atoms with E-state index >= 15 is 0 Å². The van der Waals surface area contributed by atoms with Crippen LogP contribution in [0.4, 0.5) is 0 Å². The summed E-state index contributed by atoms with van der Waals surface area (Å²) in [6.45, 7) is 5.82. The molecule has 0 bridgehead atoms. The molecule has 2 rings (SSSR count). The summed E-state index contributed by atoms with van der Waals surface area (Å²) in [5.41, 5.74) is 3.62. The third-order valence-electron chi connectivity index (χ3n) is 3.61. The van der Waals surface area contributed by atoms with Gasteiger partial charge in [0.25, 0.3) is 0 Å². The first-order chi connectivity index (χ1) is 10.7. The fourth-order valence-electron chi connectivity index (χ4n) is 2.16. The molecule has 0 radical (unpaired) electrons. The van der Waals surface area contributed by atoms with Crippen LogP contribution in [0.2, 0.25) is 0 Å². The van der Waals surface area contributed by atoms with Crippen LogP contribution in [0, 0.1) is 6.92 Å². The Morgan fingerprint density at radius 2 is 1.87 bits per heavy atom. The highest BCUT2D eigenvalue weighted by molar-refractivity contribution is 14.0. The van der Waals surface area contributed by atoms with E-state index in [4.69, 9.17) is 0 Å². The Bertz CT molecular complexity index is 596. The van der Waals surface area contributed by atoms with Gasteiger partial charge in [-0.3, -0.25) is 9.98 Å². The SMILES string of the molecule is CN=C(NCc1ccccn1)NCC(C)c1ccc(C)cc1.I. The monoisotopic (exact) mass is 424 g/mol. The summed E-state index contributed by atoms with van der Waals surface area (Å²) >= 11 is 0. The van der Waals surface area contributed by atoms with Gasteiger partial charge in [-0.2, -0.15) is 0 Å². The van der Waals surface area contributed by atoms with Gasteiger partial charge in [-0.15, -0.1) is 24.0 Å². The number of aryl methyl sites for hydroxylation is 1. The van der Waals surface area contributed by atoms with Crippen molar-refractivity contribution in [2.45, 2.75) is 26.3 Å². The molecular formula is C18H25IN4. The van der Waals surface area contributed by atoms with Gasteiger partial charge in [0.05, 0.1) is 12.2 Å². The Labute approximate surface area is 155 Å². The first-order valence-corrected chi connectivity index (χ1v) is 7.60. The van der Waals surface area contributed by atoms with E-state index in [2.05, 4.69) is 58.7 Å². The molecule has 1 aromatic carbocycles. The van der Waals surface area contributed by atoms with Crippen molar-refractivity contribution in [3.05, 3.63) is 65.5 Å². The molecule has 0 aliphatic heterocycles. The lowest BCUT2D eigenvalue weighted by molar-refractivity contribution is 0.696. The number of aliphatic imine (C=N–C) groups is 1. The predicted octanol–water partition coefficient (Wildman–Crippen LogP) is 3.48. The van der Waals surface area contributed by atoms with E-state index in [-0.39, 0.29) is 24.0 Å². The first-order valence-electron chi connectivity index (χ1n) is 7.60. The highest BCUT2D eigenvalue weighted by atomic mass is 127. The number of hydrogen-bond acceptors (Lipinski definition) is 2. The summed E-state index contributed by atoms with van der Waals surface area (Å²) in [7, 11) is 1.78. The highest BCUT2D eigenvalue weighted by Gasteiger charge is 2.06. The number of rotatable bonds is 5. The van der Waals surface area contributed by atoms with E-state index in [0.29, 0.717) is 12.5 Å². The largest absolute Gasteiger partial charge is 0.356 e. The summed E-state index contributed by atoms with van der Waals surface area (Å²) in [6.07, 6.45) is 1.80. The maximum atomic E-state index is 4.29. The van der Waals surface area contributed by atoms with Crippen molar-refractivity contribution >= 4 is 29.9 Å². The molecule has 1 atom stereocenters. The van der Waals surface area contributed by atoms with Gasteiger partial charge in [-0.25, -0.2) is 0 Å². The Morgan fingerprint density at radius 1 is 1.13 bits per heavy atom. The zero-order valence-corrected chi connectivity index (χ0v) is 16.2. The second-order valence-electron chi connectivity index (χ2n) is 5.44. The molecule has 0 spiro atoms. The molecule has 1 aromatic heterocycles. The summed E-state index contributed by atoms with van der Waals surface area (Å²) < 4.78 is 0. The summed E-state index contributed by atoms with van der Waals surface area (Å²) in [5.74, 6) is 1.22. The minimum Gasteiger partial charge on any atom is -0.356 e. The van der Waals surface area contributed by atoms with Crippen molar-refractivity contribution in [2.24, 2.45) is 4.99 Å². The first kappa shape index (κ1) is 19.4. The predicted molar refractivity (Wildman–Crippen MR) is 107 cm³/mol. The summed E-state index contributed by atoms with van der Waals surface area (Å²) in [4.78, 5) is 8.54. The lowest BCUT2D eigenvalue weighted by atomic mass is 10.0. The van der Waals surface area contributed by atoms with Crippen molar-refractivity contribution < 1.29 is 0 Å². The molecule has 0 saturated carbocycles. The van der Waals surface area contributed by atoms with Crippen LogP contribution in [-0.4, -0.2) is 24.5 Å². The van der Waals surface area contributed by atoms with E-state index < -0.39 is 0 Å². The van der Waals surface area contributed by atoms with Crippen LogP contribution in [0.3, 0.4) is 0 Å². The number of halogens is 1. The van der Waals surface area contributed by atoms with Gasteiger partial charge >= 0.3 is 0 Å². The van der Waals surface area contributed by atoms with E-state index in [0.717, 1.165) is 18.2 Å². The van der Waals surface area contributed by atoms with Crippen LogP contribution in [0.1, 0.15) is 29.7 Å². The maximum absolute atomic E-state index is 4.29. The van der Waals surface area contributed by atoms with Crippen LogP contribution in [0.5, 0.6) is 0 Å². The van der Waals surface area contributed by atoms with E-state index in [9.17, 15) is 0 Å². The number of nitrogens with zero attached hydrogens (tertiary/aromatic N) is 2. The number of nitrogens with one attached hydrogen (secondary N) is 2. The number of pyridine rings is 1. The number of hydrogen-bond donors (Lipinski definition) is 2. The van der Waals surface area contributed by atoms with Gasteiger partial charge in [0.15, 0.2) is 5.96 Å². The molecule has 0 aliphatic carbocycles. The van der Waals surface area contributed by atoms with Crippen molar-refractivity contribution in [1.82, 2.24) is 15.6 Å². The quantitative estimate of drug-likeness (QED) is 0.439. The summed E-state index contributed by atoms with van der Waals surface area (Å²) in [5, 5.41) is 6.64. The molecule has 0 saturated heterocycles. The van der Waals surface area contributed by atoms with Crippen LogP contribution < -0.4 is 10.6 Å². The smallest absolute Gasteiger partial charge is 0.191 e. The molecule has 2 aromatic rings. The fraction of sp³-hybridized carbons (Fsp3) is 0.333. The number of aromatic nitrogens is 1. The molecule has 2 N–H and O–H groups in total. The Balaban J connectivity index is 0.00000264. The molecule has 124 valence electrons. The van der Waals surface area contributed by atoms with Gasteiger partial charge in [0.1, 0.15) is 0 Å². The Hall–Kier alpha value is -1.63. The van der Waals surface area contributed by atoms with E-state index in [1.165, 1.54) is 11.1 Å². The lowest BCUT2D eigenvalue weighted by Gasteiger charge is -2.16. The standard InChI is InChI=1S/C18H24N4.HI/c1-14-7-9-16(10-8-14)15(2)12-21-18(19-3)22-13-17-6-4-5-11-20-17;/h4-11,15H,12-13H2,1-3H3,(H2,19,21,22);1H. The average Bonchev–Trinajstić information content (AvgIpc) is 2.56. The number of benzene rings is 1. The topological polar surface area (TPSA) is 49.3 Å². The van der Waals surface area contributed by atoms with Crippen LogP contribution in [0.15, 0.2) is 53.7 Å². The molecule has 23 heavy (non-hydrogen) atoms. The van der Waals surface area contributed by atoms with E-state index in [1.807, 2.05) is 18.2 Å². The molecule has 0 fully saturated rings. The van der Waals surface area contributed by atoms with Gasteiger partial charge in [-0.05, 0) is 30.5 Å². The zero-order valence-electron chi connectivity index (χ0n) is 13.9. The molecule has 0 amide bonds.